The Morgan fingerprint density at radius 3 is 2.88 bits per heavy atom. The summed E-state index contributed by atoms with van der Waals surface area (Å²) in [4.78, 5) is 3.35. The highest BCUT2D eigenvalue weighted by Gasteiger charge is 2.13. The Kier molecular flexibility index (Phi) is 2.53. The van der Waals surface area contributed by atoms with E-state index in [1.54, 1.807) is 6.26 Å². The van der Waals surface area contributed by atoms with E-state index in [9.17, 15) is 0 Å². The number of aromatic nitrogens is 1. The molecule has 4 heteroatoms. The van der Waals surface area contributed by atoms with Gasteiger partial charge in [0, 0.05) is 27.5 Å². The van der Waals surface area contributed by atoms with E-state index in [0.717, 1.165) is 32.4 Å². The first-order chi connectivity index (χ1) is 8.29. The van der Waals surface area contributed by atoms with Gasteiger partial charge < -0.3 is 15.1 Å². The second kappa shape index (κ2) is 4.05. The number of H-pyrrole nitrogens is 1. The molecule has 0 atom stereocenters. The third-order valence-corrected chi connectivity index (χ3v) is 3.33. The second-order valence-electron chi connectivity index (χ2n) is 3.85. The molecule has 0 radical (unpaired) electrons. The standard InChI is InChI=1S/C13H11BrN2O/c14-8-3-4-11-9(6-8)10(7-15)13(16-11)12-2-1-5-17-12/h1-6,16H,7,15H2. The lowest BCUT2D eigenvalue weighted by Gasteiger charge is -1.98. The van der Waals surface area contributed by atoms with Crippen LogP contribution in [0.3, 0.4) is 0 Å². The van der Waals surface area contributed by atoms with Gasteiger partial charge in [-0.2, -0.15) is 0 Å². The molecule has 2 aromatic heterocycles. The van der Waals surface area contributed by atoms with Crippen LogP contribution in [0, 0.1) is 0 Å². The highest BCUT2D eigenvalue weighted by Crippen LogP contribution is 2.31. The maximum atomic E-state index is 5.84. The number of nitrogens with one attached hydrogen (secondary N) is 1. The lowest BCUT2D eigenvalue weighted by atomic mass is 10.1. The Morgan fingerprint density at radius 1 is 1.29 bits per heavy atom. The molecule has 3 nitrogen and oxygen atoms in total. The van der Waals surface area contributed by atoms with E-state index in [1.807, 2.05) is 24.3 Å². The minimum absolute atomic E-state index is 0.479. The lowest BCUT2D eigenvalue weighted by molar-refractivity contribution is 0.580. The van der Waals surface area contributed by atoms with Crippen LogP contribution in [-0.2, 0) is 6.54 Å². The summed E-state index contributed by atoms with van der Waals surface area (Å²) in [6, 6.07) is 9.91. The van der Waals surface area contributed by atoms with E-state index in [0.29, 0.717) is 6.54 Å². The normalized spacial score (nSPS) is 11.2. The smallest absolute Gasteiger partial charge is 0.150 e. The van der Waals surface area contributed by atoms with Crippen molar-refractivity contribution in [1.82, 2.24) is 4.98 Å². The molecule has 0 aliphatic rings. The molecule has 0 spiro atoms. The highest BCUT2D eigenvalue weighted by molar-refractivity contribution is 9.10. The molecule has 0 saturated carbocycles. The molecule has 2 heterocycles. The third kappa shape index (κ3) is 1.69. The fraction of sp³-hybridized carbons (Fsp3) is 0.0769. The summed E-state index contributed by atoms with van der Waals surface area (Å²) in [5.41, 5.74) is 8.95. The summed E-state index contributed by atoms with van der Waals surface area (Å²) >= 11 is 3.48. The van der Waals surface area contributed by atoms with Crippen LogP contribution in [0.1, 0.15) is 5.56 Å². The van der Waals surface area contributed by atoms with E-state index in [1.165, 1.54) is 0 Å². The summed E-state index contributed by atoms with van der Waals surface area (Å²) in [5, 5.41) is 1.13. The van der Waals surface area contributed by atoms with Gasteiger partial charge in [0.15, 0.2) is 0 Å². The zero-order chi connectivity index (χ0) is 11.8. The van der Waals surface area contributed by atoms with Gasteiger partial charge in [0.05, 0.1) is 12.0 Å². The maximum absolute atomic E-state index is 5.84. The van der Waals surface area contributed by atoms with Crippen molar-refractivity contribution in [2.24, 2.45) is 5.73 Å². The first-order valence-corrected chi connectivity index (χ1v) is 6.13. The number of hydrogen-bond donors (Lipinski definition) is 2. The van der Waals surface area contributed by atoms with Crippen LogP contribution in [0.25, 0.3) is 22.4 Å². The van der Waals surface area contributed by atoms with Crippen molar-refractivity contribution >= 4 is 26.8 Å². The van der Waals surface area contributed by atoms with Gasteiger partial charge in [-0.25, -0.2) is 0 Å². The molecule has 1 aromatic carbocycles. The Hall–Kier alpha value is -1.52. The number of furan rings is 1. The van der Waals surface area contributed by atoms with Gasteiger partial charge in [0.25, 0.3) is 0 Å². The van der Waals surface area contributed by atoms with Crippen LogP contribution in [0.4, 0.5) is 0 Å². The molecule has 0 bridgehead atoms. The van der Waals surface area contributed by atoms with E-state index in [2.05, 4.69) is 27.0 Å². The zero-order valence-corrected chi connectivity index (χ0v) is 10.6. The van der Waals surface area contributed by atoms with Crippen LogP contribution in [0.5, 0.6) is 0 Å². The van der Waals surface area contributed by atoms with E-state index in [4.69, 9.17) is 10.2 Å². The number of rotatable bonds is 2. The Balaban J connectivity index is 2.32. The van der Waals surface area contributed by atoms with Crippen LogP contribution in [0.2, 0.25) is 0 Å². The van der Waals surface area contributed by atoms with Gasteiger partial charge >= 0.3 is 0 Å². The fourth-order valence-corrected chi connectivity index (χ4v) is 2.42. The van der Waals surface area contributed by atoms with Gasteiger partial charge in [-0.3, -0.25) is 0 Å². The predicted molar refractivity (Wildman–Crippen MR) is 71.6 cm³/mol. The molecule has 17 heavy (non-hydrogen) atoms. The van der Waals surface area contributed by atoms with Crippen molar-refractivity contribution in [3.05, 3.63) is 46.6 Å². The van der Waals surface area contributed by atoms with Gasteiger partial charge in [0.2, 0.25) is 0 Å². The Morgan fingerprint density at radius 2 is 2.18 bits per heavy atom. The van der Waals surface area contributed by atoms with Crippen molar-refractivity contribution < 1.29 is 4.42 Å². The topological polar surface area (TPSA) is 54.9 Å². The van der Waals surface area contributed by atoms with E-state index in [-0.39, 0.29) is 0 Å². The van der Waals surface area contributed by atoms with E-state index < -0.39 is 0 Å². The minimum atomic E-state index is 0.479. The third-order valence-electron chi connectivity index (χ3n) is 2.84. The molecule has 3 aromatic rings. The fourth-order valence-electron chi connectivity index (χ4n) is 2.06. The molecule has 0 amide bonds. The van der Waals surface area contributed by atoms with Gasteiger partial charge in [-0.1, -0.05) is 15.9 Å². The number of benzene rings is 1. The SMILES string of the molecule is NCc1c(-c2ccco2)[nH]c2ccc(Br)cc12. The summed E-state index contributed by atoms with van der Waals surface area (Å²) < 4.78 is 6.47. The molecule has 0 aliphatic carbocycles. The highest BCUT2D eigenvalue weighted by atomic mass is 79.9. The van der Waals surface area contributed by atoms with Gasteiger partial charge in [-0.15, -0.1) is 0 Å². The number of fused-ring (bicyclic) bond motifs is 1. The average Bonchev–Trinajstić information content (AvgIpc) is 2.94. The number of aromatic amines is 1. The molecular formula is C13H11BrN2O. The molecule has 3 rings (SSSR count). The number of hydrogen-bond acceptors (Lipinski definition) is 2. The molecule has 0 aliphatic heterocycles. The molecule has 0 saturated heterocycles. The lowest BCUT2D eigenvalue weighted by Crippen LogP contribution is -1.96. The molecule has 0 unspecified atom stereocenters. The maximum Gasteiger partial charge on any atom is 0.150 e. The van der Waals surface area contributed by atoms with Gasteiger partial charge in [0.1, 0.15) is 5.76 Å². The van der Waals surface area contributed by atoms with Crippen molar-refractivity contribution in [3.8, 4) is 11.5 Å². The zero-order valence-electron chi connectivity index (χ0n) is 9.03. The first-order valence-electron chi connectivity index (χ1n) is 5.33. The number of halogens is 1. The quantitative estimate of drug-likeness (QED) is 0.757. The monoisotopic (exact) mass is 290 g/mol. The van der Waals surface area contributed by atoms with Crippen molar-refractivity contribution in [2.75, 3.05) is 0 Å². The second-order valence-corrected chi connectivity index (χ2v) is 4.77. The van der Waals surface area contributed by atoms with Crippen molar-refractivity contribution in [2.45, 2.75) is 6.54 Å². The summed E-state index contributed by atoms with van der Waals surface area (Å²) in [5.74, 6) is 0.817. The van der Waals surface area contributed by atoms with E-state index >= 15 is 0 Å². The predicted octanol–water partition coefficient (Wildman–Crippen LogP) is 3.65. The molecule has 86 valence electrons. The first kappa shape index (κ1) is 10.6. The average molecular weight is 291 g/mol. The van der Waals surface area contributed by atoms with Crippen LogP contribution >= 0.6 is 15.9 Å². The largest absolute Gasteiger partial charge is 0.463 e. The van der Waals surface area contributed by atoms with Crippen LogP contribution in [0.15, 0.2) is 45.5 Å². The van der Waals surface area contributed by atoms with Gasteiger partial charge in [-0.05, 0) is 30.3 Å². The molecule has 0 fully saturated rings. The van der Waals surface area contributed by atoms with Crippen LogP contribution in [-0.4, -0.2) is 4.98 Å². The van der Waals surface area contributed by atoms with Crippen molar-refractivity contribution in [3.63, 3.8) is 0 Å². The van der Waals surface area contributed by atoms with Crippen LogP contribution < -0.4 is 5.73 Å². The number of nitrogens with two attached hydrogens (primary N) is 1. The summed E-state index contributed by atoms with van der Waals surface area (Å²) in [6.07, 6.45) is 1.66. The Bertz CT molecular complexity index is 655. The summed E-state index contributed by atoms with van der Waals surface area (Å²) in [6.45, 7) is 0.479. The molecular weight excluding hydrogens is 280 g/mol. The Labute approximate surface area is 107 Å². The summed E-state index contributed by atoms with van der Waals surface area (Å²) in [7, 11) is 0. The molecule has 3 N–H and O–H groups in total. The van der Waals surface area contributed by atoms with Crippen molar-refractivity contribution in [1.29, 1.82) is 0 Å². The minimum Gasteiger partial charge on any atom is -0.463 e.